The lowest BCUT2D eigenvalue weighted by atomic mass is 10.2. The van der Waals surface area contributed by atoms with E-state index < -0.39 is 0 Å². The Labute approximate surface area is 117 Å². The first kappa shape index (κ1) is 12.3. The lowest BCUT2D eigenvalue weighted by molar-refractivity contribution is 1.21. The lowest BCUT2D eigenvalue weighted by Crippen LogP contribution is -1.95. The van der Waals surface area contributed by atoms with Crippen LogP contribution in [0.1, 0.15) is 0 Å². The normalized spacial score (nSPS) is 10.2. The van der Waals surface area contributed by atoms with E-state index in [1.54, 1.807) is 6.20 Å². The van der Waals surface area contributed by atoms with Gasteiger partial charge in [-0.3, -0.25) is 4.98 Å². The van der Waals surface area contributed by atoms with E-state index in [2.05, 4.69) is 20.3 Å². The highest BCUT2D eigenvalue weighted by molar-refractivity contribution is 5.62. The van der Waals surface area contributed by atoms with Crippen molar-refractivity contribution < 1.29 is 0 Å². The van der Waals surface area contributed by atoms with Crippen molar-refractivity contribution in [1.29, 1.82) is 0 Å². The Balaban J connectivity index is 2.03. The molecule has 3 rings (SSSR count). The van der Waals surface area contributed by atoms with Crippen molar-refractivity contribution in [2.45, 2.75) is 0 Å². The monoisotopic (exact) mass is 262 g/mol. The van der Waals surface area contributed by atoms with Crippen molar-refractivity contribution in [1.82, 2.24) is 15.0 Å². The van der Waals surface area contributed by atoms with E-state index in [1.165, 1.54) is 0 Å². The van der Waals surface area contributed by atoms with Crippen LogP contribution in [0, 0.1) is 0 Å². The van der Waals surface area contributed by atoms with Gasteiger partial charge in [0.25, 0.3) is 0 Å². The van der Waals surface area contributed by atoms with Crippen LogP contribution in [0.2, 0.25) is 0 Å². The van der Waals surface area contributed by atoms with Crippen LogP contribution in [-0.2, 0) is 0 Å². The molecular weight excluding hydrogens is 248 g/mol. The maximum absolute atomic E-state index is 4.64. The van der Waals surface area contributed by atoms with Gasteiger partial charge in [-0.2, -0.15) is 0 Å². The third kappa shape index (κ3) is 2.49. The lowest BCUT2D eigenvalue weighted by Gasteiger charge is -2.05. The number of hydrogen-bond acceptors (Lipinski definition) is 4. The second-order valence-electron chi connectivity index (χ2n) is 4.28. The topological polar surface area (TPSA) is 50.7 Å². The molecule has 0 amide bonds. The van der Waals surface area contributed by atoms with Crippen molar-refractivity contribution in [2.24, 2.45) is 0 Å². The molecule has 0 saturated carbocycles. The van der Waals surface area contributed by atoms with Gasteiger partial charge in [0.05, 0.1) is 22.8 Å². The average molecular weight is 262 g/mol. The molecular formula is C16H14N4. The molecule has 0 aliphatic heterocycles. The van der Waals surface area contributed by atoms with Crippen LogP contribution in [0.4, 0.5) is 5.82 Å². The summed E-state index contributed by atoms with van der Waals surface area (Å²) >= 11 is 0. The molecule has 3 aromatic rings. The molecule has 3 aromatic heterocycles. The molecule has 98 valence electrons. The van der Waals surface area contributed by atoms with Crippen LogP contribution in [0.15, 0.2) is 60.8 Å². The second-order valence-corrected chi connectivity index (χ2v) is 4.28. The molecule has 0 aliphatic rings. The Bertz CT molecular complexity index is 710. The largest absolute Gasteiger partial charge is 0.373 e. The first-order valence-corrected chi connectivity index (χ1v) is 6.40. The number of nitrogens with one attached hydrogen (secondary N) is 1. The van der Waals surface area contributed by atoms with Gasteiger partial charge in [-0.05, 0) is 36.4 Å². The smallest absolute Gasteiger partial charge is 0.126 e. The Hall–Kier alpha value is -2.75. The molecule has 1 N–H and O–H groups in total. The summed E-state index contributed by atoms with van der Waals surface area (Å²) in [6.45, 7) is 0. The first-order valence-electron chi connectivity index (χ1n) is 6.40. The van der Waals surface area contributed by atoms with Crippen LogP contribution in [0.3, 0.4) is 0 Å². The van der Waals surface area contributed by atoms with E-state index in [0.717, 1.165) is 28.6 Å². The SMILES string of the molecule is CNc1cccc(-c2cccc(-c3ccccn3)n2)n1. The molecule has 0 radical (unpaired) electrons. The summed E-state index contributed by atoms with van der Waals surface area (Å²) < 4.78 is 0. The minimum atomic E-state index is 0.826. The molecule has 0 saturated heterocycles. The molecule has 0 atom stereocenters. The Morgan fingerprint density at radius 1 is 0.700 bits per heavy atom. The van der Waals surface area contributed by atoms with Gasteiger partial charge in [0, 0.05) is 13.2 Å². The third-order valence-electron chi connectivity index (χ3n) is 2.94. The molecule has 0 unspecified atom stereocenters. The van der Waals surface area contributed by atoms with Gasteiger partial charge in [0.2, 0.25) is 0 Å². The van der Waals surface area contributed by atoms with E-state index in [1.807, 2.05) is 61.6 Å². The van der Waals surface area contributed by atoms with Crippen molar-refractivity contribution in [2.75, 3.05) is 12.4 Å². The molecule has 4 nitrogen and oxygen atoms in total. The fourth-order valence-corrected chi connectivity index (χ4v) is 1.95. The van der Waals surface area contributed by atoms with Crippen LogP contribution >= 0.6 is 0 Å². The molecule has 0 bridgehead atoms. The Morgan fingerprint density at radius 2 is 1.35 bits per heavy atom. The zero-order valence-corrected chi connectivity index (χ0v) is 11.1. The summed E-state index contributed by atoms with van der Waals surface area (Å²) in [5.41, 5.74) is 3.39. The van der Waals surface area contributed by atoms with Crippen LogP contribution in [-0.4, -0.2) is 22.0 Å². The number of nitrogens with zero attached hydrogens (tertiary/aromatic N) is 3. The van der Waals surface area contributed by atoms with E-state index in [9.17, 15) is 0 Å². The summed E-state index contributed by atoms with van der Waals surface area (Å²) in [4.78, 5) is 13.5. The number of aromatic nitrogens is 3. The third-order valence-corrected chi connectivity index (χ3v) is 2.94. The summed E-state index contributed by atoms with van der Waals surface area (Å²) in [6.07, 6.45) is 1.77. The average Bonchev–Trinajstić information content (AvgIpc) is 2.56. The van der Waals surface area contributed by atoms with E-state index in [-0.39, 0.29) is 0 Å². The maximum atomic E-state index is 4.64. The van der Waals surface area contributed by atoms with Crippen LogP contribution in [0.25, 0.3) is 22.8 Å². The van der Waals surface area contributed by atoms with E-state index >= 15 is 0 Å². The molecule has 20 heavy (non-hydrogen) atoms. The highest BCUT2D eigenvalue weighted by atomic mass is 15.0. The van der Waals surface area contributed by atoms with Gasteiger partial charge in [-0.25, -0.2) is 9.97 Å². The molecule has 3 heterocycles. The highest BCUT2D eigenvalue weighted by Gasteiger charge is 2.05. The van der Waals surface area contributed by atoms with E-state index in [0.29, 0.717) is 0 Å². The zero-order valence-electron chi connectivity index (χ0n) is 11.1. The van der Waals surface area contributed by atoms with Gasteiger partial charge in [-0.15, -0.1) is 0 Å². The van der Waals surface area contributed by atoms with Crippen LogP contribution < -0.4 is 5.32 Å². The van der Waals surface area contributed by atoms with Gasteiger partial charge in [-0.1, -0.05) is 18.2 Å². The predicted octanol–water partition coefficient (Wildman–Crippen LogP) is 3.25. The summed E-state index contributed by atoms with van der Waals surface area (Å²) in [6, 6.07) is 17.5. The quantitative estimate of drug-likeness (QED) is 0.787. The number of anilines is 1. The first-order chi connectivity index (χ1) is 9.86. The highest BCUT2D eigenvalue weighted by Crippen LogP contribution is 2.20. The van der Waals surface area contributed by atoms with Crippen molar-refractivity contribution in [3.8, 4) is 22.8 Å². The molecule has 4 heteroatoms. The van der Waals surface area contributed by atoms with Crippen LogP contribution in [0.5, 0.6) is 0 Å². The standard InChI is InChI=1S/C16H14N4/c1-17-16-10-5-9-15(20-16)14-8-4-7-13(19-14)12-6-2-3-11-18-12/h2-11H,1H3,(H,17,20). The number of hydrogen-bond donors (Lipinski definition) is 1. The summed E-state index contributed by atoms with van der Waals surface area (Å²) in [7, 11) is 1.85. The van der Waals surface area contributed by atoms with E-state index in [4.69, 9.17) is 0 Å². The van der Waals surface area contributed by atoms with Gasteiger partial charge < -0.3 is 5.32 Å². The molecule has 0 aliphatic carbocycles. The minimum Gasteiger partial charge on any atom is -0.373 e. The van der Waals surface area contributed by atoms with Crippen molar-refractivity contribution in [3.63, 3.8) is 0 Å². The van der Waals surface area contributed by atoms with Crippen molar-refractivity contribution in [3.05, 3.63) is 60.8 Å². The van der Waals surface area contributed by atoms with Crippen molar-refractivity contribution >= 4 is 5.82 Å². The Kier molecular flexibility index (Phi) is 3.37. The van der Waals surface area contributed by atoms with Gasteiger partial charge >= 0.3 is 0 Å². The fourth-order valence-electron chi connectivity index (χ4n) is 1.95. The maximum Gasteiger partial charge on any atom is 0.126 e. The minimum absolute atomic E-state index is 0.826. The molecule has 0 spiro atoms. The number of pyridine rings is 3. The van der Waals surface area contributed by atoms with Gasteiger partial charge in [0.1, 0.15) is 5.82 Å². The zero-order chi connectivity index (χ0) is 13.8. The van der Waals surface area contributed by atoms with Gasteiger partial charge in [0.15, 0.2) is 0 Å². The number of rotatable bonds is 3. The summed E-state index contributed by atoms with van der Waals surface area (Å²) in [5.74, 6) is 0.826. The molecule has 0 fully saturated rings. The molecule has 0 aromatic carbocycles. The second kappa shape index (κ2) is 5.48. The summed E-state index contributed by atoms with van der Waals surface area (Å²) in [5, 5.41) is 3.03. The predicted molar refractivity (Wildman–Crippen MR) is 80.2 cm³/mol. The fraction of sp³-hybridized carbons (Fsp3) is 0.0625. The Morgan fingerprint density at radius 3 is 2.05 bits per heavy atom.